The van der Waals surface area contributed by atoms with Crippen molar-refractivity contribution in [3.05, 3.63) is 182 Å². The van der Waals surface area contributed by atoms with Crippen LogP contribution in [0.4, 0.5) is 17.3 Å². The molecule has 0 aliphatic carbocycles. The van der Waals surface area contributed by atoms with Crippen LogP contribution in [0.25, 0.3) is 73.1 Å². The Labute approximate surface area is 301 Å². The van der Waals surface area contributed by atoms with E-state index in [9.17, 15) is 0 Å². The first-order chi connectivity index (χ1) is 25.8. The van der Waals surface area contributed by atoms with Crippen molar-refractivity contribution in [1.82, 2.24) is 24.5 Å². The van der Waals surface area contributed by atoms with Gasteiger partial charge in [-0.1, -0.05) is 146 Å². The maximum Gasteiger partial charge on any atom is 0.220 e. The molecule has 0 spiro atoms. The van der Waals surface area contributed by atoms with Gasteiger partial charge in [0.05, 0.1) is 22.4 Å². The van der Waals surface area contributed by atoms with Gasteiger partial charge in [0, 0.05) is 33.5 Å². The van der Waals surface area contributed by atoms with Gasteiger partial charge < -0.3 is 0 Å². The molecule has 0 amide bonds. The van der Waals surface area contributed by atoms with Crippen LogP contribution in [0.2, 0.25) is 0 Å². The number of para-hydroxylation sites is 4. The minimum atomic E-state index is 0.632. The highest BCUT2D eigenvalue weighted by Gasteiger charge is 2.29. The first-order valence-corrected chi connectivity index (χ1v) is 17.3. The van der Waals surface area contributed by atoms with Gasteiger partial charge in [-0.15, -0.1) is 0 Å². The second kappa shape index (κ2) is 12.3. The molecular weight excluding hydrogens is 637 g/mol. The molecule has 9 aromatic rings. The fourth-order valence-electron chi connectivity index (χ4n) is 7.13. The highest BCUT2D eigenvalue weighted by atomic mass is 15.3. The normalized spacial score (nSPS) is 11.8. The molecule has 0 N–H and O–H groups in total. The van der Waals surface area contributed by atoms with Gasteiger partial charge in [0.1, 0.15) is 0 Å². The Morgan fingerprint density at radius 3 is 1.52 bits per heavy atom. The second-order valence-corrected chi connectivity index (χ2v) is 12.8. The van der Waals surface area contributed by atoms with Gasteiger partial charge in [0.25, 0.3) is 0 Å². The monoisotopic (exact) mass is 666 g/mol. The number of rotatable bonds is 5. The predicted molar refractivity (Wildman–Crippen MR) is 210 cm³/mol. The SMILES string of the molecule is c1ccc(-c2nc(-c3ccccc3)nc(-c3ccc(-c4cccc(N5c6ccccc6-c6ccccc6-n6c5nc5ccccc56)c4)cc3)n2)cc1. The number of aromatic nitrogens is 5. The molecule has 3 heterocycles. The lowest BCUT2D eigenvalue weighted by Crippen LogP contribution is -2.14. The lowest BCUT2D eigenvalue weighted by Gasteiger charge is -2.25. The van der Waals surface area contributed by atoms with Crippen molar-refractivity contribution in [2.75, 3.05) is 4.90 Å². The first-order valence-electron chi connectivity index (χ1n) is 17.3. The standard InChI is InChI=1S/C46H30N6/c1-3-14-32(15-4-1)43-48-44(33-16-5-2-6-17-33)50-45(49-43)34-28-26-31(27-29-34)35-18-13-19-36(30-35)51-40-23-10-7-20-37(40)38-21-8-11-24-41(38)52-42-25-12-9-22-39(42)47-46(51)52/h1-30H. The van der Waals surface area contributed by atoms with Crippen LogP contribution >= 0.6 is 0 Å². The van der Waals surface area contributed by atoms with Gasteiger partial charge in [-0.3, -0.25) is 9.47 Å². The molecule has 1 aliphatic rings. The minimum absolute atomic E-state index is 0.632. The van der Waals surface area contributed by atoms with E-state index in [0.717, 1.165) is 67.4 Å². The largest absolute Gasteiger partial charge is 0.280 e. The van der Waals surface area contributed by atoms with Gasteiger partial charge >= 0.3 is 0 Å². The molecule has 6 nitrogen and oxygen atoms in total. The van der Waals surface area contributed by atoms with Crippen LogP contribution in [0, 0.1) is 0 Å². The van der Waals surface area contributed by atoms with Gasteiger partial charge in [0.15, 0.2) is 17.5 Å². The van der Waals surface area contributed by atoms with Crippen molar-refractivity contribution in [2.24, 2.45) is 0 Å². The molecule has 0 radical (unpaired) electrons. The Morgan fingerprint density at radius 1 is 0.346 bits per heavy atom. The van der Waals surface area contributed by atoms with E-state index >= 15 is 0 Å². The van der Waals surface area contributed by atoms with Crippen molar-refractivity contribution in [3.63, 3.8) is 0 Å². The highest BCUT2D eigenvalue weighted by Crippen LogP contribution is 2.47. The molecule has 1 aliphatic heterocycles. The lowest BCUT2D eigenvalue weighted by atomic mass is 10.0. The summed E-state index contributed by atoms with van der Waals surface area (Å²) in [4.78, 5) is 22.2. The molecule has 0 bridgehead atoms. The lowest BCUT2D eigenvalue weighted by molar-refractivity contribution is 1.05. The summed E-state index contributed by atoms with van der Waals surface area (Å²) in [7, 11) is 0. The maximum atomic E-state index is 5.24. The zero-order valence-electron chi connectivity index (χ0n) is 28.0. The van der Waals surface area contributed by atoms with Crippen LogP contribution < -0.4 is 4.90 Å². The summed E-state index contributed by atoms with van der Waals surface area (Å²) in [6, 6.07) is 62.8. The summed E-state index contributed by atoms with van der Waals surface area (Å²) in [5.74, 6) is 2.77. The molecular formula is C46H30N6. The zero-order chi connectivity index (χ0) is 34.4. The van der Waals surface area contributed by atoms with Gasteiger partial charge in [-0.2, -0.15) is 0 Å². The summed E-state index contributed by atoms with van der Waals surface area (Å²) < 4.78 is 2.29. The van der Waals surface area contributed by atoms with Crippen LogP contribution in [0.1, 0.15) is 0 Å². The van der Waals surface area contributed by atoms with E-state index in [1.54, 1.807) is 0 Å². The Balaban J connectivity index is 1.07. The summed E-state index contributed by atoms with van der Waals surface area (Å²) in [6.45, 7) is 0. The Bertz CT molecular complexity index is 2680. The van der Waals surface area contributed by atoms with E-state index in [1.165, 1.54) is 5.56 Å². The molecule has 2 aromatic heterocycles. The van der Waals surface area contributed by atoms with Crippen molar-refractivity contribution in [1.29, 1.82) is 0 Å². The van der Waals surface area contributed by atoms with Gasteiger partial charge in [-0.05, 0) is 47.5 Å². The first kappa shape index (κ1) is 29.7. The molecule has 0 atom stereocenters. The number of nitrogens with zero attached hydrogens (tertiary/aromatic N) is 6. The average molecular weight is 667 g/mol. The Kier molecular flexibility index (Phi) is 7.03. The maximum absolute atomic E-state index is 5.24. The molecule has 0 fully saturated rings. The van der Waals surface area contributed by atoms with E-state index in [1.807, 2.05) is 66.7 Å². The molecule has 6 heteroatoms. The average Bonchev–Trinajstić information content (AvgIpc) is 3.55. The van der Waals surface area contributed by atoms with Crippen molar-refractivity contribution < 1.29 is 0 Å². The predicted octanol–water partition coefficient (Wildman–Crippen LogP) is 11.3. The molecule has 0 saturated heterocycles. The third kappa shape index (κ3) is 5.05. The number of hydrogen-bond donors (Lipinski definition) is 0. The third-order valence-corrected chi connectivity index (χ3v) is 9.60. The van der Waals surface area contributed by atoms with E-state index in [4.69, 9.17) is 19.9 Å². The number of anilines is 3. The molecule has 244 valence electrons. The van der Waals surface area contributed by atoms with Crippen molar-refractivity contribution in [3.8, 4) is 62.1 Å². The van der Waals surface area contributed by atoms with Gasteiger partial charge in [-0.25, -0.2) is 19.9 Å². The molecule has 52 heavy (non-hydrogen) atoms. The summed E-state index contributed by atoms with van der Waals surface area (Å²) in [5, 5.41) is 0. The fourth-order valence-corrected chi connectivity index (χ4v) is 7.13. The van der Waals surface area contributed by atoms with Crippen molar-refractivity contribution in [2.45, 2.75) is 0 Å². The Hall–Kier alpha value is -7.18. The van der Waals surface area contributed by atoms with Crippen LogP contribution in [0.3, 0.4) is 0 Å². The van der Waals surface area contributed by atoms with Crippen LogP contribution in [0.15, 0.2) is 182 Å². The zero-order valence-corrected chi connectivity index (χ0v) is 28.0. The molecule has 0 saturated carbocycles. The van der Waals surface area contributed by atoms with E-state index < -0.39 is 0 Å². The van der Waals surface area contributed by atoms with Crippen LogP contribution in [0.5, 0.6) is 0 Å². The Morgan fingerprint density at radius 2 is 0.846 bits per heavy atom. The second-order valence-electron chi connectivity index (χ2n) is 12.8. The van der Waals surface area contributed by atoms with Crippen molar-refractivity contribution >= 4 is 28.4 Å². The van der Waals surface area contributed by atoms with E-state index in [2.05, 4.69) is 125 Å². The number of fused-ring (bicyclic) bond motifs is 7. The summed E-state index contributed by atoms with van der Waals surface area (Å²) in [6.07, 6.45) is 0. The van der Waals surface area contributed by atoms with E-state index in [0.29, 0.717) is 17.5 Å². The summed E-state index contributed by atoms with van der Waals surface area (Å²) in [5.41, 5.74) is 12.6. The topological polar surface area (TPSA) is 59.7 Å². The quantitative estimate of drug-likeness (QED) is 0.183. The molecule has 10 rings (SSSR count). The number of benzene rings is 7. The van der Waals surface area contributed by atoms with Crippen LogP contribution in [-0.4, -0.2) is 24.5 Å². The van der Waals surface area contributed by atoms with Crippen LogP contribution in [-0.2, 0) is 0 Å². The highest BCUT2D eigenvalue weighted by molar-refractivity contribution is 5.96. The smallest absolute Gasteiger partial charge is 0.220 e. The molecule has 7 aromatic carbocycles. The summed E-state index contributed by atoms with van der Waals surface area (Å²) >= 11 is 0. The number of imidazole rings is 1. The van der Waals surface area contributed by atoms with E-state index in [-0.39, 0.29) is 0 Å². The van der Waals surface area contributed by atoms with Gasteiger partial charge in [0.2, 0.25) is 5.95 Å². The minimum Gasteiger partial charge on any atom is -0.280 e. The molecule has 0 unspecified atom stereocenters. The fraction of sp³-hybridized carbons (Fsp3) is 0. The number of hydrogen-bond acceptors (Lipinski definition) is 5. The third-order valence-electron chi connectivity index (χ3n) is 9.60.